The highest BCUT2D eigenvalue weighted by atomic mass is 32.1. The molecule has 0 spiro atoms. The van der Waals surface area contributed by atoms with Crippen molar-refractivity contribution in [3.8, 4) is 0 Å². The van der Waals surface area contributed by atoms with Gasteiger partial charge in [0, 0.05) is 116 Å². The summed E-state index contributed by atoms with van der Waals surface area (Å²) >= 11 is 1.91. The van der Waals surface area contributed by atoms with Gasteiger partial charge in [0.1, 0.15) is 16.7 Å². The second-order valence-corrected chi connectivity index (χ2v) is 32.3. The van der Waals surface area contributed by atoms with Crippen molar-refractivity contribution in [2.45, 2.75) is 52.4 Å². The van der Waals surface area contributed by atoms with Crippen LogP contribution in [0.1, 0.15) is 52.7 Å². The van der Waals surface area contributed by atoms with Crippen molar-refractivity contribution in [3.63, 3.8) is 0 Å². The van der Waals surface area contributed by atoms with Crippen molar-refractivity contribution in [1.82, 2.24) is 0 Å². The molecule has 0 unspecified atom stereocenters. The predicted octanol–water partition coefficient (Wildman–Crippen LogP) is 27.2. The first-order valence-corrected chi connectivity index (χ1v) is 38.5. The molecule has 9 heteroatoms. The molecule has 0 saturated carbocycles. The number of furan rings is 2. The highest BCUT2D eigenvalue weighted by Gasteiger charge is 2.47. The molecule has 2 aliphatic heterocycles. The summed E-state index contributed by atoms with van der Waals surface area (Å²) in [6.07, 6.45) is 0. The molecule has 7 nitrogen and oxygen atoms in total. The normalized spacial score (nSPS) is 12.8. The van der Waals surface area contributed by atoms with Crippen LogP contribution < -0.4 is 40.9 Å². The Labute approximate surface area is 637 Å². The van der Waals surface area contributed by atoms with Crippen LogP contribution in [0.4, 0.5) is 85.3 Å². The lowest BCUT2D eigenvalue weighted by atomic mass is 9.33. The number of rotatable bonds is 11. The SMILES string of the molecule is CC(C)(C)c1ccc(N2c3cc(N(c4ccc5ccc6ccccc6c5c4)c4cccc5c4oc4ccccc45)ccc3B3c4c2cc(N(c2ccccc2)c2ccc5c(c2)oc2ccccc25)cc4N(c2ccc(C(C)(C)C)cc2)c2cc(N(c4ccccc4)c4ccccc4)c4c(sc5ccccc54)c23)cc1. The second kappa shape index (κ2) is 24.8. The Kier molecular flexibility index (Phi) is 14.6. The minimum atomic E-state index is -0.323. The summed E-state index contributed by atoms with van der Waals surface area (Å²) in [6, 6.07) is 126. The van der Waals surface area contributed by atoms with E-state index in [1.54, 1.807) is 0 Å². The number of hydrogen-bond donors (Lipinski definition) is 0. The van der Waals surface area contributed by atoms with Crippen LogP contribution in [0.15, 0.2) is 349 Å². The van der Waals surface area contributed by atoms with Gasteiger partial charge in [0.25, 0.3) is 6.71 Å². The molecular weight excluding hydrogens is 1350 g/mol. The fourth-order valence-corrected chi connectivity index (χ4v) is 18.7. The van der Waals surface area contributed by atoms with Crippen LogP contribution in [0.5, 0.6) is 0 Å². The molecule has 21 rings (SSSR count). The minimum absolute atomic E-state index is 0.107. The van der Waals surface area contributed by atoms with E-state index in [1.165, 1.54) is 69.2 Å². The number of hydrogen-bond acceptors (Lipinski definition) is 8. The summed E-state index contributed by atoms with van der Waals surface area (Å²) in [6.45, 7) is 13.5. The average Bonchev–Trinajstić information content (AvgIpc) is 1.38. The van der Waals surface area contributed by atoms with Gasteiger partial charge in [-0.25, -0.2) is 0 Å². The first-order valence-electron chi connectivity index (χ1n) is 37.7. The zero-order valence-electron chi connectivity index (χ0n) is 61.4. The van der Waals surface area contributed by atoms with Crippen molar-refractivity contribution in [2.24, 2.45) is 0 Å². The number of fused-ring (bicyclic) bond motifs is 17. The lowest BCUT2D eigenvalue weighted by Gasteiger charge is -2.46. The van der Waals surface area contributed by atoms with Gasteiger partial charge < -0.3 is 33.3 Å². The fourth-order valence-electron chi connectivity index (χ4n) is 17.5. The smallest absolute Gasteiger partial charge is 0.254 e. The highest BCUT2D eigenvalue weighted by Crippen LogP contribution is 2.55. The van der Waals surface area contributed by atoms with E-state index in [4.69, 9.17) is 8.83 Å². The third kappa shape index (κ3) is 10.4. The lowest BCUT2D eigenvalue weighted by molar-refractivity contribution is 0.590. The first-order chi connectivity index (χ1) is 53.3. The largest absolute Gasteiger partial charge is 0.456 e. The van der Waals surface area contributed by atoms with Gasteiger partial charge in [0.05, 0.1) is 17.1 Å². The molecule has 0 atom stereocenters. The molecule has 0 saturated heterocycles. The van der Waals surface area contributed by atoms with E-state index in [9.17, 15) is 0 Å². The number of thiophene rings is 1. The van der Waals surface area contributed by atoms with E-state index in [0.717, 1.165) is 129 Å². The molecular formula is C100H74BN5O2S. The van der Waals surface area contributed by atoms with Crippen LogP contribution in [0.25, 0.3) is 85.6 Å². The van der Waals surface area contributed by atoms with Crippen molar-refractivity contribution in [1.29, 1.82) is 0 Å². The van der Waals surface area contributed by atoms with Gasteiger partial charge in [-0.15, -0.1) is 11.3 Å². The van der Waals surface area contributed by atoms with E-state index in [0.29, 0.717) is 0 Å². The Morgan fingerprint density at radius 2 is 0.771 bits per heavy atom. The van der Waals surface area contributed by atoms with Gasteiger partial charge in [-0.05, 0) is 199 Å². The summed E-state index contributed by atoms with van der Waals surface area (Å²) in [7, 11) is 0. The Balaban J connectivity index is 0.915. The number of anilines is 15. The predicted molar refractivity (Wildman–Crippen MR) is 464 cm³/mol. The molecule has 5 heterocycles. The third-order valence-corrected chi connectivity index (χ3v) is 23.9. The Morgan fingerprint density at radius 3 is 1.42 bits per heavy atom. The van der Waals surface area contributed by atoms with Crippen molar-refractivity contribution < 1.29 is 8.83 Å². The van der Waals surface area contributed by atoms with E-state index >= 15 is 0 Å². The molecule has 0 fully saturated rings. The first kappa shape index (κ1) is 64.3. The van der Waals surface area contributed by atoms with Crippen LogP contribution >= 0.6 is 11.3 Å². The Morgan fingerprint density at radius 1 is 0.303 bits per heavy atom. The maximum absolute atomic E-state index is 7.14. The van der Waals surface area contributed by atoms with Crippen LogP contribution in [0.2, 0.25) is 0 Å². The molecule has 109 heavy (non-hydrogen) atoms. The molecule has 0 amide bonds. The topological polar surface area (TPSA) is 42.5 Å². The molecule has 0 bridgehead atoms. The van der Waals surface area contributed by atoms with Gasteiger partial charge in [-0.3, -0.25) is 0 Å². The van der Waals surface area contributed by atoms with Gasteiger partial charge in [-0.2, -0.15) is 0 Å². The second-order valence-electron chi connectivity index (χ2n) is 31.2. The molecule has 16 aromatic carbocycles. The molecule has 19 aromatic rings. The molecule has 0 aliphatic carbocycles. The van der Waals surface area contributed by atoms with E-state index in [2.05, 4.69) is 406 Å². The monoisotopic (exact) mass is 1420 g/mol. The molecule has 520 valence electrons. The van der Waals surface area contributed by atoms with Crippen molar-refractivity contribution in [2.75, 3.05) is 24.5 Å². The van der Waals surface area contributed by atoms with Crippen molar-refractivity contribution >= 4 is 205 Å². The molecule has 0 N–H and O–H groups in total. The maximum Gasteiger partial charge on any atom is 0.254 e. The summed E-state index contributed by atoms with van der Waals surface area (Å²) in [5.41, 5.74) is 24.8. The zero-order valence-corrected chi connectivity index (χ0v) is 62.2. The van der Waals surface area contributed by atoms with E-state index < -0.39 is 0 Å². The summed E-state index contributed by atoms with van der Waals surface area (Å²) in [4.78, 5) is 12.6. The van der Waals surface area contributed by atoms with Crippen LogP contribution in [0, 0.1) is 0 Å². The number of nitrogens with zero attached hydrogens (tertiary/aromatic N) is 5. The molecule has 0 radical (unpaired) electrons. The highest BCUT2D eigenvalue weighted by molar-refractivity contribution is 7.28. The van der Waals surface area contributed by atoms with E-state index in [-0.39, 0.29) is 17.5 Å². The summed E-state index contributed by atoms with van der Waals surface area (Å²) in [5.74, 6) is 0. The Hall–Kier alpha value is -13.1. The van der Waals surface area contributed by atoms with E-state index in [1.807, 2.05) is 11.3 Å². The average molecular weight is 1420 g/mol. The van der Waals surface area contributed by atoms with Crippen LogP contribution in [0.3, 0.4) is 0 Å². The van der Waals surface area contributed by atoms with Crippen LogP contribution in [-0.2, 0) is 10.8 Å². The van der Waals surface area contributed by atoms with Gasteiger partial charge in [-0.1, -0.05) is 236 Å². The summed E-state index contributed by atoms with van der Waals surface area (Å²) in [5, 5.41) is 11.5. The van der Waals surface area contributed by atoms with Gasteiger partial charge in [0.2, 0.25) is 0 Å². The lowest BCUT2D eigenvalue weighted by Crippen LogP contribution is -2.61. The number of para-hydroxylation sites is 6. The van der Waals surface area contributed by atoms with Gasteiger partial charge in [0.15, 0.2) is 5.58 Å². The minimum Gasteiger partial charge on any atom is -0.456 e. The van der Waals surface area contributed by atoms with Crippen LogP contribution in [-0.4, -0.2) is 6.71 Å². The fraction of sp³-hybridized carbons (Fsp3) is 0.0800. The molecule has 2 aliphatic rings. The Bertz CT molecular complexity index is 6820. The quantitative estimate of drug-likeness (QED) is 0.0944. The standard InChI is InChI=1S/C100H74BN5O2S/c1-99(2,3)65-44-49-70(50-45-65)105-85-58-73(104(84-37-24-36-80-78-34-19-22-39-91(78)108-97(80)84)72-48-43-64-42-41-63-25-16-17-32-76(63)82(64)57-72)54-56-83(85)101-95-87(105)59-75(102(67-26-10-7-11-27-67)74-53-55-79-77-33-18-21-38-90(77)107-92(79)61-74)60-88(95)106(71-51-46-66(47-52-71)100(4,5)6)89-62-86(94-81-35-20-23-40-93(81)109-98(94)96(89)101)103(68-28-12-8-13-29-68)69-30-14-9-15-31-69/h7-62H,1-6H3. The molecule has 3 aromatic heterocycles. The summed E-state index contributed by atoms with van der Waals surface area (Å²) < 4.78 is 16.4. The van der Waals surface area contributed by atoms with Gasteiger partial charge >= 0.3 is 0 Å². The third-order valence-electron chi connectivity index (χ3n) is 22.6. The van der Waals surface area contributed by atoms with Crippen molar-refractivity contribution in [3.05, 3.63) is 351 Å². The number of benzene rings is 16. The zero-order chi connectivity index (χ0) is 73.0. The maximum atomic E-state index is 7.14.